The van der Waals surface area contributed by atoms with E-state index in [0.717, 1.165) is 38.5 Å². The molecule has 0 radical (unpaired) electrons. The number of fused-ring (bicyclic) bond motifs is 1. The smallest absolute Gasteiger partial charge is 0.308 e. The summed E-state index contributed by atoms with van der Waals surface area (Å²) < 4.78 is 34.3. The maximum Gasteiger partial charge on any atom is 0.308 e. The molecule has 0 spiro atoms. The largest absolute Gasteiger partial charge is 0.485 e. The lowest BCUT2D eigenvalue weighted by atomic mass is 9.80. The van der Waals surface area contributed by atoms with Crippen LogP contribution in [0.2, 0.25) is 0 Å². The van der Waals surface area contributed by atoms with Gasteiger partial charge in [-0.25, -0.2) is 0 Å². The molecule has 12 nitrogen and oxygen atoms in total. The van der Waals surface area contributed by atoms with Crippen molar-refractivity contribution in [2.24, 2.45) is 0 Å². The van der Waals surface area contributed by atoms with Crippen molar-refractivity contribution >= 4 is 35.6 Å². The number of ether oxygens (including phenoxy) is 6. The zero-order valence-electron chi connectivity index (χ0n) is 33.4. The average Bonchev–Trinajstić information content (AvgIpc) is 3.15. The normalized spacial score (nSPS) is 14.3. The fourth-order valence-corrected chi connectivity index (χ4v) is 7.11. The highest BCUT2D eigenvalue weighted by molar-refractivity contribution is 6.03. The monoisotopic (exact) mass is 792 g/mol. The Morgan fingerprint density at radius 3 is 1.79 bits per heavy atom. The summed E-state index contributed by atoms with van der Waals surface area (Å²) in [5.74, 6) is -4.17. The Bertz CT molecular complexity index is 2140. The van der Waals surface area contributed by atoms with Gasteiger partial charge in [-0.3, -0.25) is 28.8 Å². The maximum absolute atomic E-state index is 14.3. The first kappa shape index (κ1) is 42.8. The van der Waals surface area contributed by atoms with Gasteiger partial charge in [-0.15, -0.1) is 0 Å². The predicted octanol–water partition coefficient (Wildman–Crippen LogP) is 9.12. The summed E-state index contributed by atoms with van der Waals surface area (Å²) in [6.07, 6.45) is 5.90. The van der Waals surface area contributed by atoms with E-state index in [-0.39, 0.29) is 47.0 Å². The molecule has 0 saturated heterocycles. The molecular formula is C46H48O12. The van der Waals surface area contributed by atoms with E-state index in [4.69, 9.17) is 28.4 Å². The van der Waals surface area contributed by atoms with Gasteiger partial charge in [0.1, 0.15) is 40.4 Å². The highest BCUT2D eigenvalue weighted by atomic mass is 16.6. The van der Waals surface area contributed by atoms with Crippen molar-refractivity contribution in [1.29, 1.82) is 0 Å². The maximum atomic E-state index is 14.3. The van der Waals surface area contributed by atoms with E-state index in [9.17, 15) is 28.8 Å². The lowest BCUT2D eigenvalue weighted by molar-refractivity contribution is -0.133. The Balaban J connectivity index is 1.54. The Morgan fingerprint density at radius 1 is 0.586 bits per heavy atom. The Labute approximate surface area is 337 Å². The SMILES string of the molecule is CC(=O)Oc1ccc([C@@H]2C[C@@H](c3c(OC(C)=O)cc(OC(C)=O)c(C(=O)CCCCCCCCc4ccccc4)c3OC(C)=O)c3ccc(OC(C)=O)cc3O2)cc1. The summed E-state index contributed by atoms with van der Waals surface area (Å²) in [6.45, 7) is 6.10. The molecule has 1 aliphatic rings. The van der Waals surface area contributed by atoms with E-state index in [1.165, 1.54) is 46.2 Å². The van der Waals surface area contributed by atoms with Crippen LogP contribution in [0.3, 0.4) is 0 Å². The minimum Gasteiger partial charge on any atom is -0.485 e. The number of hydrogen-bond acceptors (Lipinski definition) is 12. The number of carbonyl (C=O) groups excluding carboxylic acids is 6. The first-order valence-electron chi connectivity index (χ1n) is 19.4. The van der Waals surface area contributed by atoms with Crippen LogP contribution in [0, 0.1) is 0 Å². The van der Waals surface area contributed by atoms with Crippen LogP contribution in [0.25, 0.3) is 0 Å². The number of aryl methyl sites for hydroxylation is 1. The first-order valence-corrected chi connectivity index (χ1v) is 19.4. The van der Waals surface area contributed by atoms with E-state index >= 15 is 0 Å². The predicted molar refractivity (Wildman–Crippen MR) is 212 cm³/mol. The van der Waals surface area contributed by atoms with Crippen molar-refractivity contribution in [2.45, 2.75) is 104 Å². The highest BCUT2D eigenvalue weighted by Gasteiger charge is 2.38. The summed E-state index contributed by atoms with van der Waals surface area (Å²) in [7, 11) is 0. The minimum atomic E-state index is -0.772. The molecule has 58 heavy (non-hydrogen) atoms. The van der Waals surface area contributed by atoms with Gasteiger partial charge >= 0.3 is 29.8 Å². The van der Waals surface area contributed by atoms with E-state index in [1.54, 1.807) is 42.5 Å². The van der Waals surface area contributed by atoms with E-state index < -0.39 is 47.7 Å². The number of unbranched alkanes of at least 4 members (excludes halogenated alkanes) is 5. The molecule has 0 aromatic heterocycles. The van der Waals surface area contributed by atoms with Gasteiger partial charge in [0.15, 0.2) is 11.5 Å². The third-order valence-corrected chi connectivity index (χ3v) is 9.44. The number of Topliss-reactive ketones (excluding diaryl/α,β-unsaturated/α-hetero) is 1. The first-order chi connectivity index (χ1) is 27.8. The van der Waals surface area contributed by atoms with Gasteiger partial charge in [-0.2, -0.15) is 0 Å². The second kappa shape index (κ2) is 20.2. The third-order valence-electron chi connectivity index (χ3n) is 9.44. The molecule has 4 aromatic carbocycles. The Morgan fingerprint density at radius 2 is 1.16 bits per heavy atom. The Kier molecular flexibility index (Phi) is 14.9. The minimum absolute atomic E-state index is 0.0618. The van der Waals surface area contributed by atoms with Crippen molar-refractivity contribution in [3.05, 3.63) is 107 Å². The molecule has 5 rings (SSSR count). The molecular weight excluding hydrogens is 744 g/mol. The van der Waals surface area contributed by atoms with Crippen molar-refractivity contribution in [3.63, 3.8) is 0 Å². The number of hydrogen-bond donors (Lipinski definition) is 0. The zero-order chi connectivity index (χ0) is 41.8. The van der Waals surface area contributed by atoms with Crippen LogP contribution >= 0.6 is 0 Å². The van der Waals surface area contributed by atoms with Crippen LogP contribution in [-0.2, 0) is 30.4 Å². The van der Waals surface area contributed by atoms with Gasteiger partial charge in [0.05, 0.1) is 0 Å². The lowest BCUT2D eigenvalue weighted by Crippen LogP contribution is -2.23. The molecule has 1 aliphatic heterocycles. The molecule has 2 atom stereocenters. The van der Waals surface area contributed by atoms with Gasteiger partial charge < -0.3 is 28.4 Å². The van der Waals surface area contributed by atoms with Crippen LogP contribution < -0.4 is 28.4 Å². The quantitative estimate of drug-likeness (QED) is 0.0433. The average molecular weight is 793 g/mol. The molecule has 0 amide bonds. The van der Waals surface area contributed by atoms with Crippen LogP contribution in [0.4, 0.5) is 0 Å². The molecule has 0 bridgehead atoms. The van der Waals surface area contributed by atoms with Gasteiger partial charge in [0, 0.05) is 70.2 Å². The summed E-state index contributed by atoms with van der Waals surface area (Å²) >= 11 is 0. The van der Waals surface area contributed by atoms with Crippen LogP contribution in [0.5, 0.6) is 34.5 Å². The van der Waals surface area contributed by atoms with Gasteiger partial charge in [-0.1, -0.05) is 74.2 Å². The second-order valence-corrected chi connectivity index (χ2v) is 14.2. The number of rotatable bonds is 17. The van der Waals surface area contributed by atoms with Crippen LogP contribution in [0.1, 0.15) is 131 Å². The van der Waals surface area contributed by atoms with E-state index in [1.807, 2.05) is 18.2 Å². The van der Waals surface area contributed by atoms with E-state index in [0.29, 0.717) is 29.0 Å². The topological polar surface area (TPSA) is 158 Å². The molecule has 0 unspecified atom stereocenters. The summed E-state index contributed by atoms with van der Waals surface area (Å²) in [5, 5.41) is 0. The van der Waals surface area contributed by atoms with E-state index in [2.05, 4.69) is 12.1 Å². The third kappa shape index (κ3) is 11.9. The van der Waals surface area contributed by atoms with Gasteiger partial charge in [-0.05, 0) is 55.0 Å². The fourth-order valence-electron chi connectivity index (χ4n) is 7.11. The molecule has 4 aromatic rings. The standard InChI is InChI=1S/C46H48O12/c1-28(47)53-35-21-19-34(20-22-35)40-26-38(37-24-23-36(54-29(2)48)25-41(37)58-40)44-42(55-30(3)49)27-43(56-31(4)50)45(46(44)57-32(5)51)39(52)18-14-9-7-6-8-11-15-33-16-12-10-13-17-33/h10,12-13,16-17,19-25,27,38,40H,6-9,11,14-15,18,26H2,1-5H3/t38-,40+/m1/s1. The molecule has 1 heterocycles. The van der Waals surface area contributed by atoms with Crippen LogP contribution in [0.15, 0.2) is 78.9 Å². The number of benzene rings is 4. The molecule has 0 aliphatic carbocycles. The van der Waals surface area contributed by atoms with Crippen molar-refractivity contribution in [1.82, 2.24) is 0 Å². The van der Waals surface area contributed by atoms with Crippen LogP contribution in [-0.4, -0.2) is 35.6 Å². The lowest BCUT2D eigenvalue weighted by Gasteiger charge is -2.34. The highest BCUT2D eigenvalue weighted by Crippen LogP contribution is 2.54. The summed E-state index contributed by atoms with van der Waals surface area (Å²) in [6, 6.07) is 23.1. The number of esters is 5. The summed E-state index contributed by atoms with van der Waals surface area (Å²) in [4.78, 5) is 75.8. The van der Waals surface area contributed by atoms with Gasteiger partial charge in [0.2, 0.25) is 0 Å². The van der Waals surface area contributed by atoms with Gasteiger partial charge in [0.25, 0.3) is 0 Å². The van der Waals surface area contributed by atoms with Crippen molar-refractivity contribution < 1.29 is 57.2 Å². The molecule has 0 saturated carbocycles. The molecule has 0 N–H and O–H groups in total. The zero-order valence-corrected chi connectivity index (χ0v) is 33.4. The molecule has 12 heteroatoms. The Hall–Kier alpha value is -6.30. The molecule has 304 valence electrons. The van der Waals surface area contributed by atoms with Crippen molar-refractivity contribution in [2.75, 3.05) is 0 Å². The number of carbonyl (C=O) groups is 6. The number of ketones is 1. The summed E-state index contributed by atoms with van der Waals surface area (Å²) in [5.41, 5.74) is 2.55. The fraction of sp³-hybridized carbons (Fsp3) is 0.348. The second-order valence-electron chi connectivity index (χ2n) is 14.2. The molecule has 0 fully saturated rings. The van der Waals surface area contributed by atoms with Crippen molar-refractivity contribution in [3.8, 4) is 34.5 Å².